The van der Waals surface area contributed by atoms with Crippen molar-refractivity contribution in [3.8, 4) is 0 Å². The number of aryl methyl sites for hydroxylation is 1. The van der Waals surface area contributed by atoms with Crippen molar-refractivity contribution in [2.24, 2.45) is 7.05 Å². The number of rotatable bonds is 3. The average Bonchev–Trinajstić information content (AvgIpc) is 2.67. The second kappa shape index (κ2) is 5.30. The highest BCUT2D eigenvalue weighted by molar-refractivity contribution is 9.10. The van der Waals surface area contributed by atoms with Gasteiger partial charge in [0.15, 0.2) is 0 Å². The monoisotopic (exact) mass is 385 g/mol. The molecule has 0 radical (unpaired) electrons. The lowest BCUT2D eigenvalue weighted by atomic mass is 10.3. The molecule has 0 saturated carbocycles. The third-order valence-corrected chi connectivity index (χ3v) is 4.81. The molecule has 0 aliphatic carbocycles. The van der Waals surface area contributed by atoms with Gasteiger partial charge >= 0.3 is 0 Å². The van der Waals surface area contributed by atoms with Crippen molar-refractivity contribution >= 4 is 43.2 Å². The minimum Gasteiger partial charge on any atom is -0.324 e. The van der Waals surface area contributed by atoms with Crippen LogP contribution in [0.3, 0.4) is 0 Å². The van der Waals surface area contributed by atoms with E-state index < -0.39 is 32.4 Å². The van der Waals surface area contributed by atoms with E-state index in [9.17, 15) is 17.2 Å². The number of benzene rings is 1. The number of hydrogen-bond acceptors (Lipinski definition) is 3. The fourth-order valence-electron chi connectivity index (χ4n) is 1.37. The smallest absolute Gasteiger partial charge is 0.282 e. The fraction of sp³-hybridized carbons (Fsp3) is 0.100. The summed E-state index contributed by atoms with van der Waals surface area (Å²) in [4.78, 5) is 3.63. The molecule has 108 valence electrons. The van der Waals surface area contributed by atoms with E-state index in [4.69, 9.17) is 11.6 Å². The maximum Gasteiger partial charge on any atom is 0.282 e. The van der Waals surface area contributed by atoms with E-state index in [1.165, 1.54) is 17.9 Å². The summed E-state index contributed by atoms with van der Waals surface area (Å²) in [5, 5.41) is -0.569. The summed E-state index contributed by atoms with van der Waals surface area (Å²) in [6.07, 6.45) is 1.20. The molecule has 2 aromatic rings. The molecule has 20 heavy (non-hydrogen) atoms. The van der Waals surface area contributed by atoms with Gasteiger partial charge in [-0.15, -0.1) is 0 Å². The molecule has 0 saturated heterocycles. The molecule has 0 atom stereocenters. The summed E-state index contributed by atoms with van der Waals surface area (Å²) in [6.45, 7) is 0. The quantitative estimate of drug-likeness (QED) is 0.825. The molecule has 0 amide bonds. The van der Waals surface area contributed by atoms with Gasteiger partial charge in [-0.25, -0.2) is 13.8 Å². The topological polar surface area (TPSA) is 64.0 Å². The molecule has 0 unspecified atom stereocenters. The van der Waals surface area contributed by atoms with Gasteiger partial charge < -0.3 is 4.57 Å². The number of hydrogen-bond donors (Lipinski definition) is 1. The van der Waals surface area contributed by atoms with Gasteiger partial charge in [0.1, 0.15) is 16.8 Å². The fourth-order valence-corrected chi connectivity index (χ4v) is 3.20. The predicted octanol–water partition coefficient (Wildman–Crippen LogP) is 2.92. The zero-order valence-electron chi connectivity index (χ0n) is 9.86. The molecule has 1 N–H and O–H groups in total. The van der Waals surface area contributed by atoms with Crippen LogP contribution in [0.2, 0.25) is 5.15 Å². The Bertz CT molecular complexity index is 779. The Morgan fingerprint density at radius 1 is 1.35 bits per heavy atom. The van der Waals surface area contributed by atoms with Gasteiger partial charge in [-0.3, -0.25) is 4.72 Å². The van der Waals surface area contributed by atoms with E-state index >= 15 is 0 Å². The van der Waals surface area contributed by atoms with Gasteiger partial charge in [0.25, 0.3) is 10.0 Å². The molecule has 5 nitrogen and oxygen atoms in total. The molecule has 0 aliphatic heterocycles. The van der Waals surface area contributed by atoms with Crippen LogP contribution < -0.4 is 4.72 Å². The van der Waals surface area contributed by atoms with Crippen molar-refractivity contribution in [2.45, 2.75) is 5.03 Å². The maximum absolute atomic E-state index is 13.5. The van der Waals surface area contributed by atoms with E-state index in [0.29, 0.717) is 6.07 Å². The van der Waals surface area contributed by atoms with Gasteiger partial charge in [-0.05, 0) is 22.0 Å². The van der Waals surface area contributed by atoms with Gasteiger partial charge in [-0.1, -0.05) is 11.6 Å². The Hall–Kier alpha value is -1.19. The lowest BCUT2D eigenvalue weighted by molar-refractivity contribution is 0.578. The molecule has 1 aromatic carbocycles. The predicted molar refractivity (Wildman–Crippen MR) is 73.1 cm³/mol. The summed E-state index contributed by atoms with van der Waals surface area (Å²) in [5.41, 5.74) is -0.417. The first-order valence-electron chi connectivity index (χ1n) is 5.06. The van der Waals surface area contributed by atoms with Crippen molar-refractivity contribution in [1.29, 1.82) is 0 Å². The summed E-state index contributed by atoms with van der Waals surface area (Å²) in [7, 11) is -2.67. The number of nitrogens with one attached hydrogen (secondary N) is 1. The van der Waals surface area contributed by atoms with Gasteiger partial charge in [0, 0.05) is 13.1 Å². The van der Waals surface area contributed by atoms with Crippen LogP contribution in [0.1, 0.15) is 0 Å². The molecule has 0 spiro atoms. The summed E-state index contributed by atoms with van der Waals surface area (Å²) >= 11 is 8.61. The van der Waals surface area contributed by atoms with E-state index in [2.05, 4.69) is 20.9 Å². The Morgan fingerprint density at radius 3 is 2.55 bits per heavy atom. The van der Waals surface area contributed by atoms with Crippen molar-refractivity contribution in [3.05, 3.63) is 39.7 Å². The number of halogens is 4. The van der Waals surface area contributed by atoms with Gasteiger partial charge in [0.2, 0.25) is 5.03 Å². The zero-order chi connectivity index (χ0) is 15.1. The second-order valence-electron chi connectivity index (χ2n) is 3.80. The lowest BCUT2D eigenvalue weighted by Gasteiger charge is -2.08. The van der Waals surface area contributed by atoms with Crippen LogP contribution >= 0.6 is 27.5 Å². The highest BCUT2D eigenvalue weighted by atomic mass is 79.9. The molecule has 0 aliphatic rings. The van der Waals surface area contributed by atoms with E-state index in [-0.39, 0.29) is 9.63 Å². The minimum absolute atomic E-state index is 0.0799. The Balaban J connectivity index is 2.44. The maximum atomic E-state index is 13.5. The first kappa shape index (κ1) is 15.2. The van der Waals surface area contributed by atoms with Crippen LogP contribution in [0.4, 0.5) is 14.5 Å². The van der Waals surface area contributed by atoms with Crippen molar-refractivity contribution < 1.29 is 17.2 Å². The Kier molecular flexibility index (Phi) is 4.03. The average molecular weight is 387 g/mol. The summed E-state index contributed by atoms with van der Waals surface area (Å²) < 4.78 is 53.9. The summed E-state index contributed by atoms with van der Waals surface area (Å²) in [5.74, 6) is -1.90. The van der Waals surface area contributed by atoms with E-state index in [1.54, 1.807) is 0 Å². The molecular weight excluding hydrogens is 380 g/mol. The third kappa shape index (κ3) is 2.79. The van der Waals surface area contributed by atoms with Crippen molar-refractivity contribution in [3.63, 3.8) is 0 Å². The molecule has 1 heterocycles. The molecule has 1 aromatic heterocycles. The third-order valence-electron chi connectivity index (χ3n) is 2.34. The number of aromatic nitrogens is 2. The molecule has 0 bridgehead atoms. The highest BCUT2D eigenvalue weighted by Crippen LogP contribution is 2.27. The first-order valence-corrected chi connectivity index (χ1v) is 7.72. The van der Waals surface area contributed by atoms with Crippen molar-refractivity contribution in [2.75, 3.05) is 4.72 Å². The highest BCUT2D eigenvalue weighted by Gasteiger charge is 2.24. The van der Waals surface area contributed by atoms with Crippen molar-refractivity contribution in [1.82, 2.24) is 9.55 Å². The van der Waals surface area contributed by atoms with Crippen LogP contribution in [-0.2, 0) is 17.1 Å². The molecule has 0 fully saturated rings. The second-order valence-corrected chi connectivity index (χ2v) is 6.61. The van der Waals surface area contributed by atoms with Crippen LogP contribution in [0.15, 0.2) is 28.0 Å². The van der Waals surface area contributed by atoms with Crippen LogP contribution in [0.5, 0.6) is 0 Å². The first-order chi connectivity index (χ1) is 9.22. The molecule has 2 rings (SSSR count). The standard InChI is InChI=1S/C10H7BrClF2N3O2S/c1-17-4-15-10(9(17)12)20(18,19)16-8-2-5(11)6(13)3-7(8)14/h2-4,16H,1H3. The van der Waals surface area contributed by atoms with Crippen LogP contribution in [-0.4, -0.2) is 18.0 Å². The van der Waals surface area contributed by atoms with Gasteiger partial charge in [-0.2, -0.15) is 8.42 Å². The van der Waals surface area contributed by atoms with Crippen LogP contribution in [0.25, 0.3) is 0 Å². The number of nitrogens with zero attached hydrogens (tertiary/aromatic N) is 2. The summed E-state index contributed by atoms with van der Waals surface area (Å²) in [6, 6.07) is 1.53. The lowest BCUT2D eigenvalue weighted by Crippen LogP contribution is -2.15. The molecular formula is C10H7BrClF2N3O2S. The van der Waals surface area contributed by atoms with Crippen LogP contribution in [0, 0.1) is 11.6 Å². The molecule has 10 heteroatoms. The number of sulfonamides is 1. The largest absolute Gasteiger partial charge is 0.324 e. The Labute approximate surface area is 126 Å². The van der Waals surface area contributed by atoms with E-state index in [0.717, 1.165) is 6.07 Å². The van der Waals surface area contributed by atoms with E-state index in [1.807, 2.05) is 4.72 Å². The minimum atomic E-state index is -4.17. The normalized spacial score (nSPS) is 11.7. The SMILES string of the molecule is Cn1cnc(S(=O)(=O)Nc2cc(Br)c(F)cc2F)c1Cl. The van der Waals surface area contributed by atoms with Gasteiger partial charge in [0.05, 0.1) is 16.5 Å². The zero-order valence-corrected chi connectivity index (χ0v) is 13.0. The Morgan fingerprint density at radius 2 is 2.00 bits per heavy atom. The number of imidazole rings is 1. The number of anilines is 1.